The number of aromatic amines is 1. The number of hydrogen-bond acceptors (Lipinski definition) is 11. The monoisotopic (exact) mass is 632 g/mol. The average Bonchev–Trinajstić information content (AvgIpc) is 2.94. The molecule has 0 aliphatic rings. The lowest BCUT2D eigenvalue weighted by molar-refractivity contribution is -0.147. The van der Waals surface area contributed by atoms with Gasteiger partial charge in [0.15, 0.2) is 5.82 Å². The van der Waals surface area contributed by atoms with E-state index in [-0.39, 0.29) is 74.0 Å². The van der Waals surface area contributed by atoms with Gasteiger partial charge >= 0.3 is 11.9 Å². The molecule has 4 amide bonds. The number of H-pyrrole nitrogens is 1. The van der Waals surface area contributed by atoms with Crippen LogP contribution < -0.4 is 26.4 Å². The summed E-state index contributed by atoms with van der Waals surface area (Å²) in [6.07, 6.45) is 0.0346. The van der Waals surface area contributed by atoms with E-state index in [9.17, 15) is 38.0 Å². The second kappa shape index (κ2) is 17.2. The zero-order valence-corrected chi connectivity index (χ0v) is 25.7. The van der Waals surface area contributed by atoms with Crippen LogP contribution in [0.1, 0.15) is 69.8 Å². The molecule has 2 aromatic rings. The molecule has 0 unspecified atom stereocenters. The lowest BCUT2D eigenvalue weighted by Gasteiger charge is -2.20. The number of nitrogens with zero attached hydrogens (tertiary/aromatic N) is 2. The Bertz CT molecular complexity index is 1480. The van der Waals surface area contributed by atoms with Crippen molar-refractivity contribution in [2.75, 3.05) is 35.3 Å². The third-order valence-electron chi connectivity index (χ3n) is 6.10. The summed E-state index contributed by atoms with van der Waals surface area (Å²) < 4.78 is 24.7. The number of aromatic nitrogens is 2. The third kappa shape index (κ3) is 10.8. The molecule has 1 aromatic carbocycles. The van der Waals surface area contributed by atoms with Crippen molar-refractivity contribution in [1.82, 2.24) is 15.3 Å². The quantitative estimate of drug-likeness (QED) is 0.165. The van der Waals surface area contributed by atoms with Gasteiger partial charge in [-0.15, -0.1) is 0 Å². The van der Waals surface area contributed by atoms with Crippen molar-refractivity contribution in [3.63, 3.8) is 0 Å². The number of carbonyl (C=O) groups excluding carboxylic acids is 6. The number of ether oxygens (including phenoxy) is 2. The molecular formula is C29H37FN6O9. The molecule has 16 heteroatoms. The van der Waals surface area contributed by atoms with E-state index in [0.717, 1.165) is 24.8 Å². The zero-order valence-electron chi connectivity index (χ0n) is 25.7. The smallest absolute Gasteiger partial charge is 0.328 e. The summed E-state index contributed by atoms with van der Waals surface area (Å²) in [4.78, 5) is 92.6. The lowest BCUT2D eigenvalue weighted by atomic mass is 10.1. The number of amides is 4. The normalized spacial score (nSPS) is 11.2. The molecule has 0 fully saturated rings. The summed E-state index contributed by atoms with van der Waals surface area (Å²) >= 11 is 0. The van der Waals surface area contributed by atoms with Gasteiger partial charge in [-0.1, -0.05) is 0 Å². The standard InChI is InChI=1S/C29H37FN6O9/c1-6-44-24(40)13-12-23(28(43)45-7-2)33-26(41)19-10-11-22(21(30)15-19)31-14-8-9-20-25(36(17(4)38)18(5)39)34-29(32-16(3)37)35-27(20)42/h10-11,15,23,31H,6-9,12-14H2,1-5H3,(H,33,41)(H2,32,34,35,37,42)/t23-/m0/s1. The van der Waals surface area contributed by atoms with Gasteiger partial charge in [0.2, 0.25) is 23.7 Å². The van der Waals surface area contributed by atoms with Crippen LogP contribution in [0.4, 0.5) is 21.8 Å². The van der Waals surface area contributed by atoms with E-state index in [4.69, 9.17) is 9.47 Å². The van der Waals surface area contributed by atoms with Crippen molar-refractivity contribution < 1.29 is 42.6 Å². The maximum absolute atomic E-state index is 14.9. The van der Waals surface area contributed by atoms with Crippen LogP contribution in [-0.4, -0.2) is 71.3 Å². The van der Waals surface area contributed by atoms with Gasteiger partial charge in [-0.3, -0.25) is 39.1 Å². The number of halogens is 1. The van der Waals surface area contributed by atoms with Crippen LogP contribution in [0.15, 0.2) is 23.0 Å². The largest absolute Gasteiger partial charge is 0.466 e. The Morgan fingerprint density at radius 2 is 1.69 bits per heavy atom. The van der Waals surface area contributed by atoms with Crippen LogP contribution in [0.3, 0.4) is 0 Å². The van der Waals surface area contributed by atoms with Crippen molar-refractivity contribution in [1.29, 1.82) is 0 Å². The molecule has 2 rings (SSSR count). The highest BCUT2D eigenvalue weighted by molar-refractivity contribution is 6.13. The minimum atomic E-state index is -1.15. The summed E-state index contributed by atoms with van der Waals surface area (Å²) in [7, 11) is 0. The van der Waals surface area contributed by atoms with Crippen LogP contribution >= 0.6 is 0 Å². The fourth-order valence-electron chi connectivity index (χ4n) is 4.16. The Morgan fingerprint density at radius 1 is 1.02 bits per heavy atom. The first-order valence-electron chi connectivity index (χ1n) is 14.2. The van der Waals surface area contributed by atoms with Gasteiger partial charge in [0.05, 0.1) is 24.5 Å². The predicted octanol–water partition coefficient (Wildman–Crippen LogP) is 1.82. The number of rotatable bonds is 15. The number of anilines is 3. The van der Waals surface area contributed by atoms with Crippen molar-refractivity contribution >= 4 is 53.0 Å². The highest BCUT2D eigenvalue weighted by Crippen LogP contribution is 2.20. The maximum atomic E-state index is 14.9. The highest BCUT2D eigenvalue weighted by atomic mass is 19.1. The summed E-state index contributed by atoms with van der Waals surface area (Å²) in [6.45, 7) is 7.03. The van der Waals surface area contributed by atoms with E-state index >= 15 is 0 Å². The molecule has 244 valence electrons. The van der Waals surface area contributed by atoms with Crippen LogP contribution in [0.25, 0.3) is 0 Å². The first kappa shape index (κ1) is 36.0. The molecular weight excluding hydrogens is 595 g/mol. The molecule has 15 nitrogen and oxygen atoms in total. The Kier molecular flexibility index (Phi) is 13.8. The molecule has 0 saturated heterocycles. The predicted molar refractivity (Wildman–Crippen MR) is 160 cm³/mol. The van der Waals surface area contributed by atoms with E-state index < -0.39 is 53.0 Å². The Morgan fingerprint density at radius 3 is 2.27 bits per heavy atom. The topological polar surface area (TPSA) is 206 Å². The number of nitrogens with one attached hydrogen (secondary N) is 4. The molecule has 0 saturated carbocycles. The van der Waals surface area contributed by atoms with E-state index in [1.165, 1.54) is 19.1 Å². The molecule has 1 heterocycles. The lowest BCUT2D eigenvalue weighted by Crippen LogP contribution is -2.42. The Balaban J connectivity index is 2.12. The van der Waals surface area contributed by atoms with Crippen LogP contribution in [-0.2, 0) is 39.9 Å². The van der Waals surface area contributed by atoms with E-state index in [1.54, 1.807) is 13.8 Å². The number of imide groups is 1. The van der Waals surface area contributed by atoms with Gasteiger partial charge in [-0.25, -0.2) is 14.1 Å². The SMILES string of the molecule is CCOC(=O)CC[C@H](NC(=O)c1ccc(NCCCc2c(N(C(C)=O)C(C)=O)nc(NC(C)=O)[nH]c2=O)c(F)c1)C(=O)OCC. The molecule has 4 N–H and O–H groups in total. The summed E-state index contributed by atoms with van der Waals surface area (Å²) in [5, 5.41) is 7.62. The van der Waals surface area contributed by atoms with Crippen molar-refractivity contribution in [3.05, 3.63) is 45.5 Å². The van der Waals surface area contributed by atoms with Crippen LogP contribution in [0.5, 0.6) is 0 Å². The van der Waals surface area contributed by atoms with Crippen molar-refractivity contribution in [3.8, 4) is 0 Å². The first-order valence-corrected chi connectivity index (χ1v) is 14.2. The van der Waals surface area contributed by atoms with E-state index in [1.807, 2.05) is 0 Å². The van der Waals surface area contributed by atoms with Crippen LogP contribution in [0.2, 0.25) is 0 Å². The number of hydrogen-bond donors (Lipinski definition) is 4. The van der Waals surface area contributed by atoms with Gasteiger partial charge in [0.1, 0.15) is 11.9 Å². The molecule has 0 aliphatic heterocycles. The molecule has 45 heavy (non-hydrogen) atoms. The third-order valence-corrected chi connectivity index (χ3v) is 6.10. The molecule has 1 atom stereocenters. The Labute approximate surface area is 258 Å². The Hall–Kier alpha value is -5.15. The van der Waals surface area contributed by atoms with Gasteiger partial charge in [-0.05, 0) is 51.3 Å². The number of esters is 2. The molecule has 0 bridgehead atoms. The highest BCUT2D eigenvalue weighted by Gasteiger charge is 2.26. The van der Waals surface area contributed by atoms with Crippen molar-refractivity contribution in [2.24, 2.45) is 0 Å². The maximum Gasteiger partial charge on any atom is 0.328 e. The second-order valence-corrected chi connectivity index (χ2v) is 9.62. The van der Waals surface area contributed by atoms with Gasteiger partial charge in [0, 0.05) is 39.3 Å². The second-order valence-electron chi connectivity index (χ2n) is 9.62. The van der Waals surface area contributed by atoms with E-state index in [0.29, 0.717) is 0 Å². The molecule has 1 aromatic heterocycles. The van der Waals surface area contributed by atoms with Gasteiger partial charge in [0.25, 0.3) is 11.5 Å². The summed E-state index contributed by atoms with van der Waals surface area (Å²) in [5.74, 6) is -5.20. The van der Waals surface area contributed by atoms with Crippen LogP contribution in [0, 0.1) is 5.82 Å². The van der Waals surface area contributed by atoms with E-state index in [2.05, 4.69) is 25.9 Å². The zero-order chi connectivity index (χ0) is 33.7. The first-order chi connectivity index (χ1) is 21.3. The fraction of sp³-hybridized carbons (Fsp3) is 0.448. The summed E-state index contributed by atoms with van der Waals surface area (Å²) in [5.41, 5.74) is -0.721. The fourth-order valence-corrected chi connectivity index (χ4v) is 4.16. The average molecular weight is 633 g/mol. The van der Waals surface area contributed by atoms with Gasteiger partial charge in [-0.2, -0.15) is 4.98 Å². The van der Waals surface area contributed by atoms with Crippen molar-refractivity contribution in [2.45, 2.75) is 66.3 Å². The minimum absolute atomic E-state index is 0.00269. The molecule has 0 aliphatic carbocycles. The molecule has 0 radical (unpaired) electrons. The minimum Gasteiger partial charge on any atom is -0.466 e. The summed E-state index contributed by atoms with van der Waals surface area (Å²) in [6, 6.07) is 2.46. The van der Waals surface area contributed by atoms with Gasteiger partial charge < -0.3 is 20.1 Å². The molecule has 0 spiro atoms. The number of benzene rings is 1. The number of carbonyl (C=O) groups is 6.